The summed E-state index contributed by atoms with van der Waals surface area (Å²) in [6, 6.07) is 15.3. The van der Waals surface area contributed by atoms with Gasteiger partial charge in [0.1, 0.15) is 6.61 Å². The molecule has 0 unspecified atom stereocenters. The Morgan fingerprint density at radius 3 is 2.33 bits per heavy atom. The maximum atomic E-state index is 9.48. The van der Waals surface area contributed by atoms with Gasteiger partial charge < -0.3 is 20.3 Å². The average molecular weight is 352 g/mol. The molecule has 0 radical (unpaired) electrons. The molecule has 0 fully saturated rings. The highest BCUT2D eigenvalue weighted by Crippen LogP contribution is 2.36. The van der Waals surface area contributed by atoms with Crippen LogP contribution >= 0.6 is 12.4 Å². The van der Waals surface area contributed by atoms with Gasteiger partial charge in [0.2, 0.25) is 0 Å². The molecule has 1 atom stereocenters. The van der Waals surface area contributed by atoms with Gasteiger partial charge in [0.25, 0.3) is 0 Å². The first kappa shape index (κ1) is 20.3. The molecule has 2 aromatic carbocycles. The van der Waals surface area contributed by atoms with Gasteiger partial charge in [-0.15, -0.1) is 12.4 Å². The lowest BCUT2D eigenvalue weighted by molar-refractivity contribution is 0.132. The third kappa shape index (κ3) is 4.87. The zero-order valence-corrected chi connectivity index (χ0v) is 15.2. The van der Waals surface area contributed by atoms with Crippen molar-refractivity contribution < 1.29 is 14.6 Å². The average Bonchev–Trinajstić information content (AvgIpc) is 2.60. The molecule has 2 rings (SSSR count). The second-order valence-electron chi connectivity index (χ2n) is 6.31. The summed E-state index contributed by atoms with van der Waals surface area (Å²) in [6.45, 7) is 4.36. The van der Waals surface area contributed by atoms with Crippen molar-refractivity contribution in [1.29, 1.82) is 0 Å². The fourth-order valence-corrected chi connectivity index (χ4v) is 2.28. The van der Waals surface area contributed by atoms with Crippen molar-refractivity contribution >= 4 is 12.4 Å². The number of hydrogen-bond acceptors (Lipinski definition) is 4. The van der Waals surface area contributed by atoms with Crippen LogP contribution in [0.2, 0.25) is 0 Å². The molecule has 0 saturated heterocycles. The summed E-state index contributed by atoms with van der Waals surface area (Å²) >= 11 is 0. The standard InChI is InChI=1S/C19H25NO3.ClH/c1-19(2,13-21)18(20)15-9-10-16(17(11-15)22-3)23-12-14-7-5-4-6-8-14;/h4-11,18,21H,12-13,20H2,1-3H3;1H/t18-;/m1./s1. The third-order valence-corrected chi connectivity index (χ3v) is 4.03. The third-order valence-electron chi connectivity index (χ3n) is 4.03. The molecule has 0 bridgehead atoms. The Bertz CT molecular complexity index is 632. The highest BCUT2D eigenvalue weighted by atomic mass is 35.5. The Kier molecular flexibility index (Phi) is 7.55. The number of benzene rings is 2. The molecule has 0 saturated carbocycles. The quantitative estimate of drug-likeness (QED) is 0.798. The van der Waals surface area contributed by atoms with E-state index in [1.807, 2.05) is 62.4 Å². The van der Waals surface area contributed by atoms with Crippen molar-refractivity contribution in [2.45, 2.75) is 26.5 Å². The van der Waals surface area contributed by atoms with Gasteiger partial charge in [0.05, 0.1) is 7.11 Å². The first-order valence-corrected chi connectivity index (χ1v) is 7.69. The van der Waals surface area contributed by atoms with Crippen molar-refractivity contribution in [3.8, 4) is 11.5 Å². The molecule has 4 nitrogen and oxygen atoms in total. The number of aliphatic hydroxyl groups is 1. The summed E-state index contributed by atoms with van der Waals surface area (Å²) in [5.41, 5.74) is 7.86. The Hall–Kier alpha value is -1.75. The van der Waals surface area contributed by atoms with Crippen LogP contribution in [0.1, 0.15) is 31.0 Å². The van der Waals surface area contributed by atoms with Crippen LogP contribution in [0.25, 0.3) is 0 Å². The van der Waals surface area contributed by atoms with E-state index in [4.69, 9.17) is 15.2 Å². The van der Waals surface area contributed by atoms with Crippen molar-refractivity contribution in [1.82, 2.24) is 0 Å². The van der Waals surface area contributed by atoms with Gasteiger partial charge in [0, 0.05) is 18.1 Å². The van der Waals surface area contributed by atoms with E-state index in [1.54, 1.807) is 7.11 Å². The second-order valence-corrected chi connectivity index (χ2v) is 6.31. The van der Waals surface area contributed by atoms with Crippen LogP contribution in [0.5, 0.6) is 11.5 Å². The largest absolute Gasteiger partial charge is 0.493 e. The molecule has 132 valence electrons. The fourth-order valence-electron chi connectivity index (χ4n) is 2.28. The molecular weight excluding hydrogens is 326 g/mol. The Morgan fingerprint density at radius 2 is 1.75 bits per heavy atom. The van der Waals surface area contributed by atoms with Gasteiger partial charge >= 0.3 is 0 Å². The topological polar surface area (TPSA) is 64.7 Å². The van der Waals surface area contributed by atoms with E-state index in [0.29, 0.717) is 18.1 Å². The Morgan fingerprint density at radius 1 is 1.08 bits per heavy atom. The van der Waals surface area contributed by atoms with E-state index in [2.05, 4.69) is 0 Å². The summed E-state index contributed by atoms with van der Waals surface area (Å²) in [5.74, 6) is 1.32. The first-order chi connectivity index (χ1) is 11.0. The molecule has 0 aliphatic rings. The Balaban J connectivity index is 0.00000288. The van der Waals surface area contributed by atoms with Crippen LogP contribution in [0, 0.1) is 5.41 Å². The van der Waals surface area contributed by atoms with Crippen LogP contribution in [-0.4, -0.2) is 18.8 Å². The predicted octanol–water partition coefficient (Wildman–Crippen LogP) is 3.71. The number of aliphatic hydroxyl groups excluding tert-OH is 1. The minimum atomic E-state index is -0.405. The number of rotatable bonds is 7. The summed E-state index contributed by atoms with van der Waals surface area (Å²) in [7, 11) is 1.61. The van der Waals surface area contributed by atoms with Gasteiger partial charge in [-0.2, -0.15) is 0 Å². The lowest BCUT2D eigenvalue weighted by Gasteiger charge is -2.30. The van der Waals surface area contributed by atoms with E-state index in [1.165, 1.54) is 0 Å². The van der Waals surface area contributed by atoms with Crippen LogP contribution < -0.4 is 15.2 Å². The van der Waals surface area contributed by atoms with Crippen LogP contribution in [-0.2, 0) is 6.61 Å². The maximum Gasteiger partial charge on any atom is 0.161 e. The smallest absolute Gasteiger partial charge is 0.161 e. The molecule has 0 spiro atoms. The van der Waals surface area contributed by atoms with Crippen LogP contribution in [0.3, 0.4) is 0 Å². The van der Waals surface area contributed by atoms with Crippen LogP contribution in [0.4, 0.5) is 0 Å². The second kappa shape index (κ2) is 8.92. The number of nitrogens with two attached hydrogens (primary N) is 1. The minimum absolute atomic E-state index is 0. The molecule has 24 heavy (non-hydrogen) atoms. The molecule has 3 N–H and O–H groups in total. The van der Waals surface area contributed by atoms with Crippen LogP contribution in [0.15, 0.2) is 48.5 Å². The summed E-state index contributed by atoms with van der Waals surface area (Å²) in [6.07, 6.45) is 0. The molecule has 2 aromatic rings. The monoisotopic (exact) mass is 351 g/mol. The maximum absolute atomic E-state index is 9.48. The number of methoxy groups -OCH3 is 1. The van der Waals surface area contributed by atoms with Crippen molar-refractivity contribution in [2.75, 3.05) is 13.7 Å². The number of ether oxygens (including phenoxy) is 2. The normalized spacial score (nSPS) is 12.2. The molecular formula is C19H26ClNO3. The lowest BCUT2D eigenvalue weighted by atomic mass is 9.82. The summed E-state index contributed by atoms with van der Waals surface area (Å²) in [4.78, 5) is 0. The summed E-state index contributed by atoms with van der Waals surface area (Å²) < 4.78 is 11.3. The molecule has 5 heteroatoms. The zero-order chi connectivity index (χ0) is 16.9. The van der Waals surface area contributed by atoms with E-state index >= 15 is 0 Å². The van der Waals surface area contributed by atoms with E-state index in [0.717, 1.165) is 11.1 Å². The van der Waals surface area contributed by atoms with Gasteiger partial charge in [0.15, 0.2) is 11.5 Å². The van der Waals surface area contributed by atoms with Crippen molar-refractivity contribution in [3.63, 3.8) is 0 Å². The summed E-state index contributed by atoms with van der Waals surface area (Å²) in [5, 5.41) is 9.48. The highest BCUT2D eigenvalue weighted by Gasteiger charge is 2.27. The fraction of sp³-hybridized carbons (Fsp3) is 0.368. The van der Waals surface area contributed by atoms with Gasteiger partial charge in [-0.05, 0) is 23.3 Å². The molecule has 0 aromatic heterocycles. The molecule has 0 aliphatic heterocycles. The van der Waals surface area contributed by atoms with Gasteiger partial charge in [-0.1, -0.05) is 50.2 Å². The predicted molar refractivity (Wildman–Crippen MR) is 98.8 cm³/mol. The van der Waals surface area contributed by atoms with Gasteiger partial charge in [-0.3, -0.25) is 0 Å². The van der Waals surface area contributed by atoms with E-state index in [-0.39, 0.29) is 25.1 Å². The molecule has 0 amide bonds. The number of halogens is 1. The number of hydrogen-bond donors (Lipinski definition) is 2. The van der Waals surface area contributed by atoms with E-state index in [9.17, 15) is 5.11 Å². The highest BCUT2D eigenvalue weighted by molar-refractivity contribution is 5.85. The van der Waals surface area contributed by atoms with Gasteiger partial charge in [-0.25, -0.2) is 0 Å². The SMILES string of the molecule is COc1cc([C@@H](N)C(C)(C)CO)ccc1OCc1ccccc1.Cl. The van der Waals surface area contributed by atoms with Crippen molar-refractivity contribution in [2.24, 2.45) is 11.1 Å². The van der Waals surface area contributed by atoms with E-state index < -0.39 is 5.41 Å². The zero-order valence-electron chi connectivity index (χ0n) is 14.4. The minimum Gasteiger partial charge on any atom is -0.493 e. The van der Waals surface area contributed by atoms with Crippen molar-refractivity contribution in [3.05, 3.63) is 59.7 Å². The lowest BCUT2D eigenvalue weighted by Crippen LogP contribution is -2.32. The Labute approximate surface area is 150 Å². The first-order valence-electron chi connectivity index (χ1n) is 7.69. The molecule has 0 heterocycles. The molecule has 0 aliphatic carbocycles.